The Morgan fingerprint density at radius 3 is 2.78 bits per heavy atom. The fourth-order valence-electron chi connectivity index (χ4n) is 2.30. The molecule has 0 bridgehead atoms. The van der Waals surface area contributed by atoms with Gasteiger partial charge in [0, 0.05) is 24.1 Å². The lowest BCUT2D eigenvalue weighted by Gasteiger charge is -2.13. The highest BCUT2D eigenvalue weighted by atomic mass is 16.6. The Balaban J connectivity index is 1.94. The molecule has 122 valence electrons. The molecule has 0 aliphatic rings. The normalized spacial score (nSPS) is 12.0. The van der Waals surface area contributed by atoms with Gasteiger partial charge in [-0.2, -0.15) is 0 Å². The SMILES string of the molecule is Cc1noc(C)c1CCC(=O)O[C@H](C)c1cccc([N+](=O)[O-])c1. The van der Waals surface area contributed by atoms with Crippen LogP contribution in [0.1, 0.15) is 42.0 Å². The number of hydrogen-bond donors (Lipinski definition) is 0. The third-order valence-electron chi connectivity index (χ3n) is 3.62. The van der Waals surface area contributed by atoms with Crippen molar-refractivity contribution in [1.82, 2.24) is 5.16 Å². The van der Waals surface area contributed by atoms with Gasteiger partial charge in [-0.25, -0.2) is 0 Å². The zero-order valence-electron chi connectivity index (χ0n) is 13.2. The molecule has 0 amide bonds. The largest absolute Gasteiger partial charge is 0.458 e. The monoisotopic (exact) mass is 318 g/mol. The second-order valence-corrected chi connectivity index (χ2v) is 5.29. The Morgan fingerprint density at radius 1 is 1.43 bits per heavy atom. The molecule has 0 radical (unpaired) electrons. The molecule has 1 heterocycles. The first-order chi connectivity index (χ1) is 10.9. The highest BCUT2D eigenvalue weighted by Gasteiger charge is 2.16. The summed E-state index contributed by atoms with van der Waals surface area (Å²) in [5.74, 6) is 0.325. The number of rotatable bonds is 6. The Hall–Kier alpha value is -2.70. The first-order valence-corrected chi connectivity index (χ1v) is 7.24. The molecule has 0 N–H and O–H groups in total. The summed E-state index contributed by atoms with van der Waals surface area (Å²) in [6, 6.07) is 6.07. The fraction of sp³-hybridized carbons (Fsp3) is 0.375. The van der Waals surface area contributed by atoms with Crippen LogP contribution in [0, 0.1) is 24.0 Å². The van der Waals surface area contributed by atoms with Gasteiger partial charge in [0.05, 0.1) is 10.6 Å². The lowest BCUT2D eigenvalue weighted by Crippen LogP contribution is -2.10. The van der Waals surface area contributed by atoms with Crippen LogP contribution in [0.15, 0.2) is 28.8 Å². The molecule has 0 saturated carbocycles. The van der Waals surface area contributed by atoms with E-state index in [1.165, 1.54) is 12.1 Å². The van der Waals surface area contributed by atoms with Crippen LogP contribution in [0.5, 0.6) is 0 Å². The molecule has 7 nitrogen and oxygen atoms in total. The summed E-state index contributed by atoms with van der Waals surface area (Å²) in [4.78, 5) is 22.3. The minimum absolute atomic E-state index is 0.0267. The zero-order valence-corrected chi connectivity index (χ0v) is 13.2. The van der Waals surface area contributed by atoms with E-state index in [-0.39, 0.29) is 18.1 Å². The van der Waals surface area contributed by atoms with Gasteiger partial charge in [0.2, 0.25) is 0 Å². The van der Waals surface area contributed by atoms with E-state index in [0.29, 0.717) is 17.7 Å². The molecule has 0 spiro atoms. The standard InChI is InChI=1S/C16H18N2O5/c1-10-15(12(3)23-17-10)7-8-16(19)22-11(2)13-5-4-6-14(9-13)18(20)21/h4-6,9,11H,7-8H2,1-3H3/t11-/m1/s1. The van der Waals surface area contributed by atoms with E-state index in [1.54, 1.807) is 26.0 Å². The van der Waals surface area contributed by atoms with Gasteiger partial charge in [-0.15, -0.1) is 0 Å². The molecule has 2 aromatic rings. The van der Waals surface area contributed by atoms with Crippen molar-refractivity contribution in [3.63, 3.8) is 0 Å². The molecule has 2 rings (SSSR count). The second kappa shape index (κ2) is 7.04. The van der Waals surface area contributed by atoms with E-state index in [0.717, 1.165) is 11.3 Å². The van der Waals surface area contributed by atoms with Crippen LogP contribution in [0.25, 0.3) is 0 Å². The van der Waals surface area contributed by atoms with Crippen LogP contribution >= 0.6 is 0 Å². The maximum Gasteiger partial charge on any atom is 0.306 e. The van der Waals surface area contributed by atoms with Crippen LogP contribution in [-0.4, -0.2) is 16.0 Å². The minimum atomic E-state index is -0.549. The number of hydrogen-bond acceptors (Lipinski definition) is 6. The summed E-state index contributed by atoms with van der Waals surface area (Å²) in [5.41, 5.74) is 2.23. The first kappa shape index (κ1) is 16.7. The van der Waals surface area contributed by atoms with Crippen molar-refractivity contribution in [3.05, 3.63) is 57.0 Å². The summed E-state index contributed by atoms with van der Waals surface area (Å²) < 4.78 is 10.4. The Labute approximate surface area is 133 Å². The van der Waals surface area contributed by atoms with Crippen molar-refractivity contribution >= 4 is 11.7 Å². The summed E-state index contributed by atoms with van der Waals surface area (Å²) in [5, 5.41) is 14.6. The van der Waals surface area contributed by atoms with E-state index in [1.807, 2.05) is 6.92 Å². The summed E-state index contributed by atoms with van der Waals surface area (Å²) in [6.45, 7) is 5.31. The topological polar surface area (TPSA) is 95.5 Å². The van der Waals surface area contributed by atoms with Crippen molar-refractivity contribution in [1.29, 1.82) is 0 Å². The van der Waals surface area contributed by atoms with Crippen molar-refractivity contribution in [2.24, 2.45) is 0 Å². The first-order valence-electron chi connectivity index (χ1n) is 7.24. The molecule has 1 atom stereocenters. The van der Waals surface area contributed by atoms with Crippen LogP contribution in [-0.2, 0) is 16.0 Å². The quantitative estimate of drug-likeness (QED) is 0.460. The Kier molecular flexibility index (Phi) is 5.10. The number of nitro groups is 1. The number of aryl methyl sites for hydroxylation is 2. The number of non-ortho nitro benzene ring substituents is 1. The van der Waals surface area contributed by atoms with Gasteiger partial charge in [0.15, 0.2) is 0 Å². The van der Waals surface area contributed by atoms with Crippen LogP contribution in [0.3, 0.4) is 0 Å². The molecule has 7 heteroatoms. The van der Waals surface area contributed by atoms with E-state index in [9.17, 15) is 14.9 Å². The molecular weight excluding hydrogens is 300 g/mol. The van der Waals surface area contributed by atoms with Crippen molar-refractivity contribution < 1.29 is 19.0 Å². The van der Waals surface area contributed by atoms with Gasteiger partial charge in [-0.05, 0) is 32.8 Å². The number of nitrogens with zero attached hydrogens (tertiary/aromatic N) is 2. The summed E-state index contributed by atoms with van der Waals surface area (Å²) in [7, 11) is 0. The Bertz CT molecular complexity index is 704. The number of carbonyl (C=O) groups is 1. The van der Waals surface area contributed by atoms with Crippen molar-refractivity contribution in [2.75, 3.05) is 0 Å². The highest BCUT2D eigenvalue weighted by molar-refractivity contribution is 5.70. The molecule has 0 fully saturated rings. The molecule has 0 unspecified atom stereocenters. The fourth-order valence-corrected chi connectivity index (χ4v) is 2.30. The average molecular weight is 318 g/mol. The van der Waals surface area contributed by atoms with E-state index in [4.69, 9.17) is 9.26 Å². The van der Waals surface area contributed by atoms with Crippen LogP contribution in [0.2, 0.25) is 0 Å². The lowest BCUT2D eigenvalue weighted by atomic mass is 10.1. The number of benzene rings is 1. The molecule has 1 aromatic heterocycles. The van der Waals surface area contributed by atoms with Crippen molar-refractivity contribution in [2.45, 2.75) is 39.7 Å². The van der Waals surface area contributed by atoms with Crippen LogP contribution in [0.4, 0.5) is 5.69 Å². The Morgan fingerprint density at radius 2 is 2.17 bits per heavy atom. The number of carbonyl (C=O) groups excluding carboxylic acids is 1. The number of aromatic nitrogens is 1. The third kappa shape index (κ3) is 4.15. The number of nitro benzene ring substituents is 1. The van der Waals surface area contributed by atoms with Gasteiger partial charge in [-0.3, -0.25) is 14.9 Å². The molecular formula is C16H18N2O5. The molecule has 0 saturated heterocycles. The van der Waals surface area contributed by atoms with E-state index < -0.39 is 11.0 Å². The summed E-state index contributed by atoms with van der Waals surface area (Å²) in [6.07, 6.45) is 0.135. The third-order valence-corrected chi connectivity index (χ3v) is 3.62. The summed E-state index contributed by atoms with van der Waals surface area (Å²) >= 11 is 0. The maximum atomic E-state index is 12.0. The zero-order chi connectivity index (χ0) is 17.0. The number of ether oxygens (including phenoxy) is 1. The minimum Gasteiger partial charge on any atom is -0.458 e. The maximum absolute atomic E-state index is 12.0. The van der Waals surface area contributed by atoms with Crippen molar-refractivity contribution in [3.8, 4) is 0 Å². The molecule has 23 heavy (non-hydrogen) atoms. The van der Waals surface area contributed by atoms with Gasteiger partial charge in [0.1, 0.15) is 11.9 Å². The average Bonchev–Trinajstić information content (AvgIpc) is 2.84. The van der Waals surface area contributed by atoms with Gasteiger partial charge in [-0.1, -0.05) is 17.3 Å². The van der Waals surface area contributed by atoms with E-state index >= 15 is 0 Å². The lowest BCUT2D eigenvalue weighted by molar-refractivity contribution is -0.385. The second-order valence-electron chi connectivity index (χ2n) is 5.29. The molecule has 0 aliphatic carbocycles. The van der Waals surface area contributed by atoms with Gasteiger partial charge >= 0.3 is 5.97 Å². The highest BCUT2D eigenvalue weighted by Crippen LogP contribution is 2.22. The van der Waals surface area contributed by atoms with Crippen LogP contribution < -0.4 is 0 Å². The predicted octanol–water partition coefficient (Wildman–Crippen LogP) is 3.44. The van der Waals surface area contributed by atoms with E-state index in [2.05, 4.69) is 5.16 Å². The molecule has 0 aliphatic heterocycles. The van der Waals surface area contributed by atoms with Gasteiger partial charge in [0.25, 0.3) is 5.69 Å². The number of esters is 1. The molecule has 1 aromatic carbocycles. The smallest absolute Gasteiger partial charge is 0.306 e. The van der Waals surface area contributed by atoms with Gasteiger partial charge < -0.3 is 9.26 Å². The predicted molar refractivity (Wildman–Crippen MR) is 81.9 cm³/mol.